The van der Waals surface area contributed by atoms with Crippen LogP contribution in [0.1, 0.15) is 15.9 Å². The number of hydrogen-bond donors (Lipinski definition) is 1. The van der Waals surface area contributed by atoms with Crippen LogP contribution in [0.15, 0.2) is 42.5 Å². The maximum atomic E-state index is 13.0. The van der Waals surface area contributed by atoms with Crippen LogP contribution >= 0.6 is 22.6 Å². The van der Waals surface area contributed by atoms with Crippen molar-refractivity contribution in [2.75, 3.05) is 0 Å². The lowest BCUT2D eigenvalue weighted by Gasteiger charge is -2.14. The number of alkyl halides is 3. The standard InChI is InChI=1S/C14H8F3IO3/c15-14(16,17)11-7-8(13(19)20)1-6-12(11)21-10-4-2-9(18)3-5-10/h1-7H,(H,19,20). The lowest BCUT2D eigenvalue weighted by Crippen LogP contribution is -2.09. The van der Waals surface area contributed by atoms with E-state index in [1.54, 1.807) is 12.1 Å². The lowest BCUT2D eigenvalue weighted by molar-refractivity contribution is -0.138. The summed E-state index contributed by atoms with van der Waals surface area (Å²) >= 11 is 2.06. The molecule has 0 aromatic heterocycles. The van der Waals surface area contributed by atoms with E-state index >= 15 is 0 Å². The van der Waals surface area contributed by atoms with Gasteiger partial charge in [-0.15, -0.1) is 0 Å². The monoisotopic (exact) mass is 408 g/mol. The molecule has 0 aliphatic heterocycles. The van der Waals surface area contributed by atoms with E-state index < -0.39 is 29.0 Å². The molecule has 0 saturated carbocycles. The van der Waals surface area contributed by atoms with E-state index in [9.17, 15) is 18.0 Å². The number of carboxylic acids is 1. The van der Waals surface area contributed by atoms with Crippen molar-refractivity contribution in [3.8, 4) is 11.5 Å². The Morgan fingerprint density at radius 3 is 2.24 bits per heavy atom. The van der Waals surface area contributed by atoms with Crippen LogP contribution in [0.5, 0.6) is 11.5 Å². The average molecular weight is 408 g/mol. The van der Waals surface area contributed by atoms with Crippen molar-refractivity contribution in [1.29, 1.82) is 0 Å². The zero-order valence-corrected chi connectivity index (χ0v) is 12.5. The Balaban J connectivity index is 2.43. The van der Waals surface area contributed by atoms with Crippen LogP contribution in [-0.2, 0) is 6.18 Å². The van der Waals surface area contributed by atoms with Gasteiger partial charge in [0.15, 0.2) is 0 Å². The van der Waals surface area contributed by atoms with Gasteiger partial charge in [-0.25, -0.2) is 4.79 Å². The molecule has 0 radical (unpaired) electrons. The molecule has 0 saturated heterocycles. The third kappa shape index (κ3) is 3.87. The normalized spacial score (nSPS) is 11.2. The predicted molar refractivity (Wildman–Crippen MR) is 77.6 cm³/mol. The minimum Gasteiger partial charge on any atom is -0.478 e. The van der Waals surface area contributed by atoms with Crippen LogP contribution < -0.4 is 4.74 Å². The molecular formula is C14H8F3IO3. The van der Waals surface area contributed by atoms with Gasteiger partial charge in [-0.1, -0.05) is 0 Å². The molecule has 0 heterocycles. The summed E-state index contributed by atoms with van der Waals surface area (Å²) in [7, 11) is 0. The first kappa shape index (κ1) is 15.6. The van der Waals surface area contributed by atoms with Crippen LogP contribution in [-0.4, -0.2) is 11.1 Å². The number of carbonyl (C=O) groups is 1. The Hall–Kier alpha value is -1.77. The van der Waals surface area contributed by atoms with Crippen LogP contribution in [0.25, 0.3) is 0 Å². The Bertz CT molecular complexity index is 666. The summed E-state index contributed by atoms with van der Waals surface area (Å²) in [4.78, 5) is 10.8. The fraction of sp³-hybridized carbons (Fsp3) is 0.0714. The molecule has 0 atom stereocenters. The molecule has 0 aliphatic rings. The summed E-state index contributed by atoms with van der Waals surface area (Å²) in [6.07, 6.45) is -4.70. The van der Waals surface area contributed by atoms with Crippen molar-refractivity contribution in [1.82, 2.24) is 0 Å². The molecule has 1 N–H and O–H groups in total. The summed E-state index contributed by atoms with van der Waals surface area (Å²) in [5, 5.41) is 8.78. The highest BCUT2D eigenvalue weighted by Crippen LogP contribution is 2.38. The number of halogens is 4. The SMILES string of the molecule is O=C(O)c1ccc(Oc2ccc(I)cc2)c(C(F)(F)F)c1. The second-order valence-corrected chi connectivity index (χ2v) is 5.32. The van der Waals surface area contributed by atoms with E-state index in [4.69, 9.17) is 9.84 Å². The largest absolute Gasteiger partial charge is 0.478 e. The molecule has 0 bridgehead atoms. The average Bonchev–Trinajstić information content (AvgIpc) is 2.40. The smallest absolute Gasteiger partial charge is 0.420 e. The first-order chi connectivity index (χ1) is 9.77. The zero-order valence-electron chi connectivity index (χ0n) is 10.3. The summed E-state index contributed by atoms with van der Waals surface area (Å²) < 4.78 is 45.1. The summed E-state index contributed by atoms with van der Waals surface area (Å²) in [5.74, 6) is -1.63. The van der Waals surface area contributed by atoms with E-state index in [1.807, 2.05) is 0 Å². The van der Waals surface area contributed by atoms with Gasteiger partial charge in [0.25, 0.3) is 0 Å². The van der Waals surface area contributed by atoms with Crippen molar-refractivity contribution in [3.05, 3.63) is 57.2 Å². The summed E-state index contributed by atoms with van der Waals surface area (Å²) in [6.45, 7) is 0. The third-order valence-electron chi connectivity index (χ3n) is 2.57. The van der Waals surface area contributed by atoms with E-state index in [0.717, 1.165) is 15.7 Å². The van der Waals surface area contributed by atoms with Crippen LogP contribution in [0.3, 0.4) is 0 Å². The number of rotatable bonds is 3. The van der Waals surface area contributed by atoms with E-state index in [-0.39, 0.29) is 5.75 Å². The van der Waals surface area contributed by atoms with Gasteiger partial charge in [-0.2, -0.15) is 13.2 Å². The van der Waals surface area contributed by atoms with Gasteiger partial charge in [0.1, 0.15) is 11.5 Å². The fourth-order valence-electron chi connectivity index (χ4n) is 1.60. The van der Waals surface area contributed by atoms with Crippen molar-refractivity contribution in [2.45, 2.75) is 6.18 Å². The summed E-state index contributed by atoms with van der Waals surface area (Å²) in [5.41, 5.74) is -1.57. The van der Waals surface area contributed by atoms with E-state index in [0.29, 0.717) is 6.07 Å². The van der Waals surface area contributed by atoms with Gasteiger partial charge in [0, 0.05) is 3.57 Å². The first-order valence-corrected chi connectivity index (χ1v) is 6.73. The summed E-state index contributed by atoms with van der Waals surface area (Å²) in [6, 6.07) is 9.08. The van der Waals surface area contributed by atoms with Crippen LogP contribution in [0, 0.1) is 3.57 Å². The molecular weight excluding hydrogens is 400 g/mol. The topological polar surface area (TPSA) is 46.5 Å². The fourth-order valence-corrected chi connectivity index (χ4v) is 1.96. The lowest BCUT2D eigenvalue weighted by atomic mass is 10.1. The second-order valence-electron chi connectivity index (χ2n) is 4.07. The van der Waals surface area contributed by atoms with Gasteiger partial charge in [-0.3, -0.25) is 0 Å². The van der Waals surface area contributed by atoms with E-state index in [2.05, 4.69) is 22.6 Å². The minimum atomic E-state index is -4.70. The molecule has 2 aromatic rings. The highest BCUT2D eigenvalue weighted by atomic mass is 127. The molecule has 21 heavy (non-hydrogen) atoms. The number of benzene rings is 2. The number of carboxylic acid groups (broad SMARTS) is 1. The predicted octanol–water partition coefficient (Wildman–Crippen LogP) is 4.80. The Kier molecular flexibility index (Phi) is 4.40. The minimum absolute atomic E-state index is 0.240. The molecule has 110 valence electrons. The third-order valence-corrected chi connectivity index (χ3v) is 3.29. The van der Waals surface area contributed by atoms with Crippen molar-refractivity contribution >= 4 is 28.6 Å². The van der Waals surface area contributed by atoms with Gasteiger partial charge in [0.2, 0.25) is 0 Å². The molecule has 0 unspecified atom stereocenters. The molecule has 0 amide bonds. The zero-order chi connectivity index (χ0) is 15.6. The molecule has 0 spiro atoms. The van der Waals surface area contributed by atoms with Crippen molar-refractivity contribution in [3.63, 3.8) is 0 Å². The second kappa shape index (κ2) is 5.92. The van der Waals surface area contributed by atoms with Gasteiger partial charge in [-0.05, 0) is 65.1 Å². The van der Waals surface area contributed by atoms with Crippen LogP contribution in [0.4, 0.5) is 13.2 Å². The van der Waals surface area contributed by atoms with Gasteiger partial charge >= 0.3 is 12.1 Å². The highest BCUT2D eigenvalue weighted by Gasteiger charge is 2.35. The molecule has 2 rings (SSSR count). The molecule has 2 aromatic carbocycles. The Morgan fingerprint density at radius 2 is 1.71 bits per heavy atom. The Labute approximate surface area is 131 Å². The quantitative estimate of drug-likeness (QED) is 0.743. The maximum Gasteiger partial charge on any atom is 0.420 e. The number of hydrogen-bond acceptors (Lipinski definition) is 2. The molecule has 7 heteroatoms. The number of aromatic carboxylic acids is 1. The highest BCUT2D eigenvalue weighted by molar-refractivity contribution is 14.1. The first-order valence-electron chi connectivity index (χ1n) is 5.65. The van der Waals surface area contributed by atoms with Gasteiger partial charge in [0.05, 0.1) is 11.1 Å². The Morgan fingerprint density at radius 1 is 1.10 bits per heavy atom. The molecule has 0 aliphatic carbocycles. The van der Waals surface area contributed by atoms with Crippen LogP contribution in [0.2, 0.25) is 0 Å². The maximum absolute atomic E-state index is 13.0. The number of ether oxygens (including phenoxy) is 1. The van der Waals surface area contributed by atoms with Crippen molar-refractivity contribution < 1.29 is 27.8 Å². The van der Waals surface area contributed by atoms with Gasteiger partial charge < -0.3 is 9.84 Å². The van der Waals surface area contributed by atoms with Crippen molar-refractivity contribution in [2.24, 2.45) is 0 Å². The van der Waals surface area contributed by atoms with E-state index in [1.165, 1.54) is 12.1 Å². The molecule has 0 fully saturated rings. The molecule has 3 nitrogen and oxygen atoms in total.